The van der Waals surface area contributed by atoms with E-state index in [4.69, 9.17) is 0 Å². The van der Waals surface area contributed by atoms with Gasteiger partial charge in [0, 0.05) is 18.8 Å². The summed E-state index contributed by atoms with van der Waals surface area (Å²) in [4.78, 5) is 0. The summed E-state index contributed by atoms with van der Waals surface area (Å²) in [7, 11) is 0. The SMILES string of the molecule is CCC(CNC1CC1)n1cc(C(F)(F)F)cn1. The first kappa shape index (κ1) is 12.4. The molecule has 1 aliphatic carbocycles. The first-order valence-corrected chi connectivity index (χ1v) is 5.85. The van der Waals surface area contributed by atoms with Crippen LogP contribution >= 0.6 is 0 Å². The van der Waals surface area contributed by atoms with Crippen molar-refractivity contribution in [1.82, 2.24) is 15.1 Å². The van der Waals surface area contributed by atoms with Gasteiger partial charge in [-0.05, 0) is 19.3 Å². The number of hydrogen-bond donors (Lipinski definition) is 1. The van der Waals surface area contributed by atoms with E-state index in [-0.39, 0.29) is 6.04 Å². The molecular weight excluding hydrogens is 231 g/mol. The van der Waals surface area contributed by atoms with Gasteiger partial charge in [0.15, 0.2) is 0 Å². The van der Waals surface area contributed by atoms with Crippen molar-refractivity contribution in [3.8, 4) is 0 Å². The summed E-state index contributed by atoms with van der Waals surface area (Å²) >= 11 is 0. The molecule has 3 nitrogen and oxygen atoms in total. The normalized spacial score (nSPS) is 18.4. The number of rotatable bonds is 5. The van der Waals surface area contributed by atoms with Crippen molar-refractivity contribution in [2.45, 2.75) is 44.4 Å². The minimum atomic E-state index is -4.31. The Balaban J connectivity index is 2.00. The van der Waals surface area contributed by atoms with E-state index in [1.165, 1.54) is 17.5 Å². The summed E-state index contributed by atoms with van der Waals surface area (Å²) in [6.07, 6.45) is 0.772. The van der Waals surface area contributed by atoms with Crippen LogP contribution in [0.1, 0.15) is 37.8 Å². The van der Waals surface area contributed by atoms with Gasteiger partial charge in [-0.25, -0.2) is 0 Å². The van der Waals surface area contributed by atoms with Crippen molar-refractivity contribution < 1.29 is 13.2 Å². The van der Waals surface area contributed by atoms with Crippen molar-refractivity contribution in [3.63, 3.8) is 0 Å². The lowest BCUT2D eigenvalue weighted by atomic mass is 10.2. The number of nitrogens with zero attached hydrogens (tertiary/aromatic N) is 2. The van der Waals surface area contributed by atoms with Gasteiger partial charge in [-0.1, -0.05) is 6.92 Å². The van der Waals surface area contributed by atoms with Crippen molar-refractivity contribution in [2.75, 3.05) is 6.54 Å². The van der Waals surface area contributed by atoms with Crippen LogP contribution in [0.4, 0.5) is 13.2 Å². The average Bonchev–Trinajstić information content (AvgIpc) is 2.93. The Morgan fingerprint density at radius 1 is 1.53 bits per heavy atom. The fourth-order valence-corrected chi connectivity index (χ4v) is 1.70. The maximum atomic E-state index is 12.4. The molecule has 0 aliphatic heterocycles. The van der Waals surface area contributed by atoms with Gasteiger partial charge < -0.3 is 5.32 Å². The van der Waals surface area contributed by atoms with E-state index in [9.17, 15) is 13.2 Å². The minimum Gasteiger partial charge on any atom is -0.312 e. The van der Waals surface area contributed by atoms with Crippen LogP contribution in [-0.2, 0) is 6.18 Å². The highest BCUT2D eigenvalue weighted by molar-refractivity contribution is 5.09. The van der Waals surface area contributed by atoms with Crippen molar-refractivity contribution >= 4 is 0 Å². The Hall–Kier alpha value is -1.04. The number of halogens is 3. The molecule has 0 amide bonds. The van der Waals surface area contributed by atoms with Crippen LogP contribution in [0, 0.1) is 0 Å². The minimum absolute atomic E-state index is 0.00769. The smallest absolute Gasteiger partial charge is 0.312 e. The fourth-order valence-electron chi connectivity index (χ4n) is 1.70. The predicted octanol–water partition coefficient (Wildman–Crippen LogP) is 2.61. The van der Waals surface area contributed by atoms with Crippen molar-refractivity contribution in [3.05, 3.63) is 18.0 Å². The quantitative estimate of drug-likeness (QED) is 0.866. The monoisotopic (exact) mass is 247 g/mol. The van der Waals surface area contributed by atoms with Crippen LogP contribution in [0.15, 0.2) is 12.4 Å². The molecule has 1 unspecified atom stereocenters. The molecular formula is C11H16F3N3. The summed E-state index contributed by atoms with van der Waals surface area (Å²) in [5.41, 5.74) is -0.678. The number of hydrogen-bond acceptors (Lipinski definition) is 2. The molecule has 0 saturated heterocycles. The first-order valence-electron chi connectivity index (χ1n) is 5.85. The molecule has 0 radical (unpaired) electrons. The third-order valence-electron chi connectivity index (χ3n) is 2.99. The molecule has 0 bridgehead atoms. The Labute approximate surface area is 98.0 Å². The van der Waals surface area contributed by atoms with Gasteiger partial charge in [0.25, 0.3) is 0 Å². The van der Waals surface area contributed by atoms with Crippen molar-refractivity contribution in [2.24, 2.45) is 0 Å². The molecule has 6 heteroatoms. The second-order valence-corrected chi connectivity index (χ2v) is 4.45. The zero-order valence-electron chi connectivity index (χ0n) is 9.67. The maximum Gasteiger partial charge on any atom is 0.419 e. The van der Waals surface area contributed by atoms with E-state index in [1.807, 2.05) is 6.92 Å². The zero-order chi connectivity index (χ0) is 12.5. The zero-order valence-corrected chi connectivity index (χ0v) is 9.67. The number of alkyl halides is 3. The predicted molar refractivity (Wildman–Crippen MR) is 57.6 cm³/mol. The van der Waals surface area contributed by atoms with Crippen LogP contribution in [0.3, 0.4) is 0 Å². The Kier molecular flexibility index (Phi) is 3.42. The lowest BCUT2D eigenvalue weighted by Crippen LogP contribution is -2.27. The molecule has 1 aromatic heterocycles. The topological polar surface area (TPSA) is 29.9 Å². The van der Waals surface area contributed by atoms with E-state index in [0.29, 0.717) is 12.6 Å². The van der Waals surface area contributed by atoms with E-state index < -0.39 is 11.7 Å². The largest absolute Gasteiger partial charge is 0.419 e. The Bertz CT molecular complexity index is 368. The van der Waals surface area contributed by atoms with Crippen LogP contribution in [0.2, 0.25) is 0 Å². The summed E-state index contributed by atoms with van der Waals surface area (Å²) in [6.45, 7) is 2.63. The van der Waals surface area contributed by atoms with E-state index in [0.717, 1.165) is 18.8 Å². The van der Waals surface area contributed by atoms with Gasteiger partial charge in [-0.3, -0.25) is 4.68 Å². The second kappa shape index (κ2) is 4.68. The molecule has 96 valence electrons. The maximum absolute atomic E-state index is 12.4. The third kappa shape index (κ3) is 3.21. The molecule has 0 aromatic carbocycles. The molecule has 2 rings (SSSR count). The van der Waals surface area contributed by atoms with Gasteiger partial charge in [-0.15, -0.1) is 0 Å². The summed E-state index contributed by atoms with van der Waals surface area (Å²) in [5.74, 6) is 0. The molecule has 1 fully saturated rings. The van der Waals surface area contributed by atoms with E-state index in [2.05, 4.69) is 10.4 Å². The molecule has 1 heterocycles. The standard InChI is InChI=1S/C11H16F3N3/c1-2-10(6-15-9-3-4-9)17-7-8(5-16-17)11(12,13)14/h5,7,9-10,15H,2-4,6H2,1H3. The average molecular weight is 247 g/mol. The summed E-state index contributed by atoms with van der Waals surface area (Å²) < 4.78 is 38.7. The number of aromatic nitrogens is 2. The van der Waals surface area contributed by atoms with Crippen LogP contribution in [0.25, 0.3) is 0 Å². The lowest BCUT2D eigenvalue weighted by molar-refractivity contribution is -0.137. The highest BCUT2D eigenvalue weighted by Crippen LogP contribution is 2.29. The molecule has 1 aromatic rings. The summed E-state index contributed by atoms with van der Waals surface area (Å²) in [5, 5.41) is 7.12. The Morgan fingerprint density at radius 3 is 2.71 bits per heavy atom. The van der Waals surface area contributed by atoms with Gasteiger partial charge in [0.1, 0.15) is 0 Å². The third-order valence-corrected chi connectivity index (χ3v) is 2.99. The highest BCUT2D eigenvalue weighted by Gasteiger charge is 2.32. The van der Waals surface area contributed by atoms with Gasteiger partial charge >= 0.3 is 6.18 Å². The Morgan fingerprint density at radius 2 is 2.24 bits per heavy atom. The molecule has 17 heavy (non-hydrogen) atoms. The van der Waals surface area contributed by atoms with Crippen LogP contribution in [-0.4, -0.2) is 22.4 Å². The van der Waals surface area contributed by atoms with E-state index in [1.54, 1.807) is 0 Å². The molecule has 1 saturated carbocycles. The molecule has 1 aliphatic rings. The van der Waals surface area contributed by atoms with E-state index >= 15 is 0 Å². The second-order valence-electron chi connectivity index (χ2n) is 4.45. The molecule has 1 atom stereocenters. The van der Waals surface area contributed by atoms with Gasteiger partial charge in [0.05, 0.1) is 17.8 Å². The van der Waals surface area contributed by atoms with Gasteiger partial charge in [0.2, 0.25) is 0 Å². The first-order chi connectivity index (χ1) is 8.00. The van der Waals surface area contributed by atoms with Crippen molar-refractivity contribution in [1.29, 1.82) is 0 Å². The van der Waals surface area contributed by atoms with Crippen LogP contribution < -0.4 is 5.32 Å². The molecule has 1 N–H and O–H groups in total. The molecule has 0 spiro atoms. The number of nitrogens with one attached hydrogen (secondary N) is 1. The highest BCUT2D eigenvalue weighted by atomic mass is 19.4. The van der Waals surface area contributed by atoms with Gasteiger partial charge in [-0.2, -0.15) is 18.3 Å². The fraction of sp³-hybridized carbons (Fsp3) is 0.727. The van der Waals surface area contributed by atoms with Crippen LogP contribution in [0.5, 0.6) is 0 Å². The lowest BCUT2D eigenvalue weighted by Gasteiger charge is -2.16. The summed E-state index contributed by atoms with van der Waals surface area (Å²) in [6, 6.07) is 0.549.